The molecule has 5 aromatic rings. The lowest BCUT2D eigenvalue weighted by molar-refractivity contribution is -0.113. The Morgan fingerprint density at radius 3 is 2.65 bits per heavy atom. The second-order valence-corrected chi connectivity index (χ2v) is 9.01. The van der Waals surface area contributed by atoms with Crippen molar-refractivity contribution in [1.29, 1.82) is 0 Å². The molecule has 34 heavy (non-hydrogen) atoms. The lowest BCUT2D eigenvalue weighted by Gasteiger charge is -2.15. The van der Waals surface area contributed by atoms with E-state index in [-0.39, 0.29) is 23.0 Å². The van der Waals surface area contributed by atoms with E-state index in [0.29, 0.717) is 21.9 Å². The Morgan fingerprint density at radius 2 is 1.85 bits per heavy atom. The van der Waals surface area contributed by atoms with Gasteiger partial charge in [-0.05, 0) is 61.4 Å². The van der Waals surface area contributed by atoms with E-state index in [1.807, 2.05) is 56.3 Å². The summed E-state index contributed by atoms with van der Waals surface area (Å²) in [5, 5.41) is 4.02. The van der Waals surface area contributed by atoms with Gasteiger partial charge in [0.15, 0.2) is 5.16 Å². The Hall–Kier alpha value is -3.91. The topological polar surface area (TPSA) is 79.8 Å². The minimum Gasteiger partial charge on any atom is -0.349 e. The van der Waals surface area contributed by atoms with Crippen molar-refractivity contribution in [2.45, 2.75) is 19.0 Å². The first-order chi connectivity index (χ1) is 16.4. The van der Waals surface area contributed by atoms with Crippen molar-refractivity contribution in [3.63, 3.8) is 0 Å². The number of aromatic nitrogens is 3. The van der Waals surface area contributed by atoms with Crippen molar-refractivity contribution >= 4 is 45.3 Å². The zero-order chi connectivity index (χ0) is 23.8. The van der Waals surface area contributed by atoms with Gasteiger partial charge in [-0.15, -0.1) is 0 Å². The number of anilines is 1. The van der Waals surface area contributed by atoms with Crippen molar-refractivity contribution in [3.8, 4) is 5.69 Å². The maximum absolute atomic E-state index is 13.7. The van der Waals surface area contributed by atoms with Crippen LogP contribution in [0.1, 0.15) is 11.1 Å². The van der Waals surface area contributed by atoms with Crippen LogP contribution in [-0.2, 0) is 4.79 Å². The van der Waals surface area contributed by atoms with Crippen molar-refractivity contribution < 1.29 is 9.18 Å². The maximum Gasteiger partial charge on any atom is 0.283 e. The molecule has 0 radical (unpaired) electrons. The molecule has 3 aromatic carbocycles. The SMILES string of the molecule is Cc1ccc(C)c(-n2c(SCC(=O)Nc3ccc(F)cc3)nc3c([nH]c4ccccc43)c2=O)c1. The van der Waals surface area contributed by atoms with E-state index in [4.69, 9.17) is 4.98 Å². The summed E-state index contributed by atoms with van der Waals surface area (Å²) in [6, 6.07) is 19.1. The third-order valence-electron chi connectivity index (χ3n) is 5.56. The highest BCUT2D eigenvalue weighted by molar-refractivity contribution is 7.99. The first kappa shape index (κ1) is 21.9. The van der Waals surface area contributed by atoms with Gasteiger partial charge in [0.05, 0.1) is 11.4 Å². The number of hydrogen-bond acceptors (Lipinski definition) is 4. The molecule has 0 fully saturated rings. The molecule has 0 aliphatic carbocycles. The molecule has 1 amide bonds. The molecule has 6 nitrogen and oxygen atoms in total. The van der Waals surface area contributed by atoms with Crippen LogP contribution in [-0.4, -0.2) is 26.2 Å². The third kappa shape index (κ3) is 4.08. The molecule has 2 N–H and O–H groups in total. The number of aromatic amines is 1. The molecule has 170 valence electrons. The fourth-order valence-corrected chi connectivity index (χ4v) is 4.67. The van der Waals surface area contributed by atoms with E-state index >= 15 is 0 Å². The zero-order valence-corrected chi connectivity index (χ0v) is 19.4. The number of carbonyl (C=O) groups excluding carboxylic acids is 1. The number of aryl methyl sites for hydroxylation is 2. The average Bonchev–Trinajstić information content (AvgIpc) is 3.20. The van der Waals surface area contributed by atoms with E-state index in [9.17, 15) is 14.0 Å². The summed E-state index contributed by atoms with van der Waals surface area (Å²) < 4.78 is 14.7. The Labute approximate surface area is 198 Å². The molecule has 5 rings (SSSR count). The average molecular weight is 473 g/mol. The first-order valence-electron chi connectivity index (χ1n) is 10.7. The number of halogens is 1. The van der Waals surface area contributed by atoms with Gasteiger partial charge < -0.3 is 10.3 Å². The molecule has 0 spiro atoms. The quantitative estimate of drug-likeness (QED) is 0.267. The molecule has 0 aliphatic rings. The van der Waals surface area contributed by atoms with Gasteiger partial charge >= 0.3 is 0 Å². The molecule has 0 atom stereocenters. The van der Waals surface area contributed by atoms with Crippen LogP contribution in [0.5, 0.6) is 0 Å². The molecule has 2 heterocycles. The molecule has 0 saturated carbocycles. The number of carbonyl (C=O) groups is 1. The highest BCUT2D eigenvalue weighted by Crippen LogP contribution is 2.27. The highest BCUT2D eigenvalue weighted by Gasteiger charge is 2.19. The fraction of sp³-hybridized carbons (Fsp3) is 0.115. The van der Waals surface area contributed by atoms with Crippen LogP contribution in [0.2, 0.25) is 0 Å². The van der Waals surface area contributed by atoms with Crippen LogP contribution in [0.4, 0.5) is 10.1 Å². The lowest BCUT2D eigenvalue weighted by Crippen LogP contribution is -2.23. The number of rotatable bonds is 5. The summed E-state index contributed by atoms with van der Waals surface area (Å²) in [7, 11) is 0. The van der Waals surface area contributed by atoms with Crippen LogP contribution in [0.3, 0.4) is 0 Å². The van der Waals surface area contributed by atoms with E-state index in [0.717, 1.165) is 27.7 Å². The van der Waals surface area contributed by atoms with Gasteiger partial charge in [0, 0.05) is 16.6 Å². The lowest BCUT2D eigenvalue weighted by atomic mass is 10.1. The van der Waals surface area contributed by atoms with Gasteiger partial charge in [0.25, 0.3) is 5.56 Å². The van der Waals surface area contributed by atoms with Gasteiger partial charge in [-0.3, -0.25) is 14.2 Å². The Morgan fingerprint density at radius 1 is 1.09 bits per heavy atom. The van der Waals surface area contributed by atoms with Crippen LogP contribution in [0, 0.1) is 19.7 Å². The summed E-state index contributed by atoms with van der Waals surface area (Å²) in [4.78, 5) is 34.3. The number of nitrogens with zero attached hydrogens (tertiary/aromatic N) is 2. The summed E-state index contributed by atoms with van der Waals surface area (Å²) in [5.74, 6) is -0.624. The predicted molar refractivity (Wildman–Crippen MR) is 134 cm³/mol. The zero-order valence-electron chi connectivity index (χ0n) is 18.6. The molecular weight excluding hydrogens is 451 g/mol. The molecule has 8 heteroatoms. The molecular formula is C26H21FN4O2S. The van der Waals surface area contributed by atoms with Crippen molar-refractivity contribution in [3.05, 3.63) is 94.0 Å². The summed E-state index contributed by atoms with van der Waals surface area (Å²) in [5.41, 5.74) is 4.74. The summed E-state index contributed by atoms with van der Waals surface area (Å²) in [6.45, 7) is 3.90. The number of para-hydroxylation sites is 1. The van der Waals surface area contributed by atoms with Gasteiger partial charge in [-0.1, -0.05) is 42.1 Å². The van der Waals surface area contributed by atoms with E-state index in [2.05, 4.69) is 10.3 Å². The Bertz CT molecular complexity index is 1610. The normalized spacial score (nSPS) is 11.3. The van der Waals surface area contributed by atoms with Crippen molar-refractivity contribution in [2.24, 2.45) is 0 Å². The smallest absolute Gasteiger partial charge is 0.283 e. The molecule has 0 unspecified atom stereocenters. The molecule has 0 saturated heterocycles. The number of nitrogens with one attached hydrogen (secondary N) is 2. The second kappa shape index (κ2) is 8.79. The molecule has 0 bridgehead atoms. The van der Waals surface area contributed by atoms with Gasteiger partial charge in [-0.2, -0.15) is 0 Å². The largest absolute Gasteiger partial charge is 0.349 e. The van der Waals surface area contributed by atoms with Gasteiger partial charge in [0.1, 0.15) is 16.9 Å². The second-order valence-electron chi connectivity index (χ2n) is 8.06. The van der Waals surface area contributed by atoms with E-state index in [1.165, 1.54) is 36.0 Å². The van der Waals surface area contributed by atoms with Crippen molar-refractivity contribution in [1.82, 2.24) is 14.5 Å². The molecule has 0 aliphatic heterocycles. The van der Waals surface area contributed by atoms with Crippen LogP contribution >= 0.6 is 11.8 Å². The van der Waals surface area contributed by atoms with Gasteiger partial charge in [-0.25, -0.2) is 9.37 Å². The predicted octanol–water partition coefficient (Wildman–Crippen LogP) is 5.35. The minimum absolute atomic E-state index is 0.0303. The van der Waals surface area contributed by atoms with E-state index < -0.39 is 0 Å². The van der Waals surface area contributed by atoms with Crippen LogP contribution in [0.15, 0.2) is 76.7 Å². The Balaban J connectivity index is 1.59. The number of fused-ring (bicyclic) bond motifs is 3. The fourth-order valence-electron chi connectivity index (χ4n) is 3.87. The number of thioether (sulfide) groups is 1. The van der Waals surface area contributed by atoms with Gasteiger partial charge in [0.2, 0.25) is 5.91 Å². The standard InChI is InChI=1S/C26H21FN4O2S/c1-15-7-8-16(2)21(13-15)31-25(33)24-23(19-5-3-4-6-20(19)29-24)30-26(31)34-14-22(32)28-18-11-9-17(27)10-12-18/h3-13,29H,14H2,1-2H3,(H,28,32). The maximum atomic E-state index is 13.7. The number of amides is 1. The number of hydrogen-bond donors (Lipinski definition) is 2. The first-order valence-corrected chi connectivity index (χ1v) is 11.7. The Kier molecular flexibility index (Phi) is 5.67. The van der Waals surface area contributed by atoms with Crippen LogP contribution < -0.4 is 10.9 Å². The number of benzene rings is 3. The molecule has 2 aromatic heterocycles. The summed E-state index contributed by atoms with van der Waals surface area (Å²) >= 11 is 1.18. The van der Waals surface area contributed by atoms with Crippen molar-refractivity contribution in [2.75, 3.05) is 11.1 Å². The summed E-state index contributed by atoms with van der Waals surface area (Å²) in [6.07, 6.45) is 0. The highest BCUT2D eigenvalue weighted by atomic mass is 32.2. The number of H-pyrrole nitrogens is 1. The third-order valence-corrected chi connectivity index (χ3v) is 6.50. The minimum atomic E-state index is -0.374. The van der Waals surface area contributed by atoms with Crippen LogP contribution in [0.25, 0.3) is 27.6 Å². The van der Waals surface area contributed by atoms with E-state index in [1.54, 1.807) is 4.57 Å². The monoisotopic (exact) mass is 472 g/mol.